The van der Waals surface area contributed by atoms with Gasteiger partial charge in [0.1, 0.15) is 5.84 Å². The third kappa shape index (κ3) is 4.62. The molecule has 1 N–H and O–H groups in total. The molecular weight excluding hydrogens is 364 g/mol. The van der Waals surface area contributed by atoms with Gasteiger partial charge in [-0.25, -0.2) is 8.42 Å². The Kier molecular flexibility index (Phi) is 6.65. The standard InChI is InChI=1S/C16H24N4O3S.ClH/c1-2-9-20(14-5-7-17-8-6-14)16(21)13-3-4-15-18-24(22,23)11-10-19(15)12-13;/h3-4,12,14,17H,2,5-11H2,1H3;1H. The Morgan fingerprint density at radius 3 is 2.76 bits per heavy atom. The van der Waals surface area contributed by atoms with Crippen molar-refractivity contribution in [2.24, 2.45) is 4.40 Å². The van der Waals surface area contributed by atoms with Gasteiger partial charge in [0.25, 0.3) is 15.9 Å². The summed E-state index contributed by atoms with van der Waals surface area (Å²) in [7, 11) is -3.37. The molecule has 0 aliphatic carbocycles. The number of piperidine rings is 1. The molecule has 0 aromatic rings. The van der Waals surface area contributed by atoms with Crippen LogP contribution in [0.3, 0.4) is 0 Å². The average molecular weight is 389 g/mol. The average Bonchev–Trinajstić information content (AvgIpc) is 2.58. The number of hydrogen-bond donors (Lipinski definition) is 1. The number of carbonyl (C=O) groups is 1. The third-order valence-electron chi connectivity index (χ3n) is 4.55. The van der Waals surface area contributed by atoms with Gasteiger partial charge in [0.05, 0.1) is 11.3 Å². The van der Waals surface area contributed by atoms with Crippen molar-refractivity contribution in [1.82, 2.24) is 15.1 Å². The van der Waals surface area contributed by atoms with E-state index in [1.165, 1.54) is 0 Å². The summed E-state index contributed by atoms with van der Waals surface area (Å²) in [5.41, 5.74) is 0.597. The highest BCUT2D eigenvalue weighted by atomic mass is 35.5. The van der Waals surface area contributed by atoms with E-state index in [2.05, 4.69) is 16.6 Å². The molecule has 0 saturated carbocycles. The van der Waals surface area contributed by atoms with E-state index in [1.807, 2.05) is 4.90 Å². The van der Waals surface area contributed by atoms with Crippen LogP contribution in [-0.4, -0.2) is 67.9 Å². The van der Waals surface area contributed by atoms with Gasteiger partial charge in [0.2, 0.25) is 0 Å². The lowest BCUT2D eigenvalue weighted by atomic mass is 10.0. The summed E-state index contributed by atoms with van der Waals surface area (Å²) < 4.78 is 26.9. The van der Waals surface area contributed by atoms with Crippen molar-refractivity contribution >= 4 is 34.2 Å². The number of carbonyl (C=O) groups excluding carboxylic acids is 1. The molecule has 3 rings (SSSR count). The smallest absolute Gasteiger partial charge is 0.256 e. The first-order valence-electron chi connectivity index (χ1n) is 8.51. The van der Waals surface area contributed by atoms with Crippen LogP contribution in [-0.2, 0) is 14.8 Å². The Hall–Kier alpha value is -1.38. The second-order valence-corrected chi connectivity index (χ2v) is 8.08. The van der Waals surface area contributed by atoms with Gasteiger partial charge in [0, 0.05) is 25.3 Å². The predicted molar refractivity (Wildman–Crippen MR) is 100 cm³/mol. The van der Waals surface area contributed by atoms with Gasteiger partial charge in [-0.15, -0.1) is 16.8 Å². The van der Waals surface area contributed by atoms with Crippen LogP contribution in [0.25, 0.3) is 0 Å². The summed E-state index contributed by atoms with van der Waals surface area (Å²) in [6.45, 7) is 5.03. The summed E-state index contributed by atoms with van der Waals surface area (Å²) in [6, 6.07) is 0.268. The van der Waals surface area contributed by atoms with Crippen molar-refractivity contribution in [2.75, 3.05) is 31.9 Å². The van der Waals surface area contributed by atoms with Crippen LogP contribution in [0, 0.1) is 0 Å². The molecule has 0 bridgehead atoms. The Balaban J connectivity index is 0.00000225. The van der Waals surface area contributed by atoms with E-state index in [0.29, 0.717) is 18.0 Å². The molecular formula is C16H25ClN4O3S. The lowest BCUT2D eigenvalue weighted by Crippen LogP contribution is -2.47. The van der Waals surface area contributed by atoms with E-state index in [1.54, 1.807) is 23.3 Å². The Morgan fingerprint density at radius 2 is 2.08 bits per heavy atom. The van der Waals surface area contributed by atoms with Gasteiger partial charge in [-0.05, 0) is 44.5 Å². The first kappa shape index (κ1) is 19.9. The van der Waals surface area contributed by atoms with Crippen LogP contribution >= 0.6 is 12.4 Å². The van der Waals surface area contributed by atoms with E-state index in [0.717, 1.165) is 38.9 Å². The van der Waals surface area contributed by atoms with Crippen molar-refractivity contribution in [3.8, 4) is 0 Å². The summed E-state index contributed by atoms with van der Waals surface area (Å²) in [4.78, 5) is 16.7. The van der Waals surface area contributed by atoms with Crippen molar-refractivity contribution in [3.05, 3.63) is 23.9 Å². The second kappa shape index (κ2) is 8.33. The summed E-state index contributed by atoms with van der Waals surface area (Å²) in [6.07, 6.45) is 7.90. The Bertz CT molecular complexity index is 696. The third-order valence-corrected chi connectivity index (χ3v) is 5.71. The molecule has 3 aliphatic heterocycles. The molecule has 0 aromatic carbocycles. The van der Waals surface area contributed by atoms with Crippen molar-refractivity contribution in [2.45, 2.75) is 32.2 Å². The number of halogens is 1. The van der Waals surface area contributed by atoms with Gasteiger partial charge >= 0.3 is 0 Å². The number of hydrogen-bond acceptors (Lipinski definition) is 5. The molecule has 0 aromatic heterocycles. The van der Waals surface area contributed by atoms with Crippen LogP contribution in [0.1, 0.15) is 26.2 Å². The predicted octanol–water partition coefficient (Wildman–Crippen LogP) is 0.896. The lowest BCUT2D eigenvalue weighted by molar-refractivity contribution is -0.129. The fourth-order valence-electron chi connectivity index (χ4n) is 3.30. The molecule has 25 heavy (non-hydrogen) atoms. The summed E-state index contributed by atoms with van der Waals surface area (Å²) in [5.74, 6) is 0.393. The number of sulfonamides is 1. The highest BCUT2D eigenvalue weighted by Gasteiger charge is 2.29. The molecule has 7 nitrogen and oxygen atoms in total. The maximum atomic E-state index is 13.0. The van der Waals surface area contributed by atoms with Crippen molar-refractivity contribution in [1.29, 1.82) is 0 Å². The topological polar surface area (TPSA) is 82.1 Å². The maximum absolute atomic E-state index is 13.0. The first-order valence-corrected chi connectivity index (χ1v) is 10.1. The van der Waals surface area contributed by atoms with Crippen LogP contribution in [0.5, 0.6) is 0 Å². The molecule has 140 valence electrons. The summed E-state index contributed by atoms with van der Waals surface area (Å²) in [5, 5.41) is 3.33. The molecule has 1 saturated heterocycles. The van der Waals surface area contributed by atoms with Gasteiger partial charge in [-0.2, -0.15) is 0 Å². The van der Waals surface area contributed by atoms with Gasteiger partial charge in [-0.1, -0.05) is 6.92 Å². The molecule has 0 unspecified atom stereocenters. The normalized spacial score (nSPS) is 22.4. The van der Waals surface area contributed by atoms with Crippen LogP contribution < -0.4 is 5.32 Å². The zero-order valence-corrected chi connectivity index (χ0v) is 16.0. The number of nitrogens with one attached hydrogen (secondary N) is 1. The van der Waals surface area contributed by atoms with Crippen LogP contribution in [0.4, 0.5) is 0 Å². The van der Waals surface area contributed by atoms with Crippen molar-refractivity contribution < 1.29 is 13.2 Å². The van der Waals surface area contributed by atoms with E-state index in [4.69, 9.17) is 0 Å². The Labute approximate surface area is 155 Å². The first-order chi connectivity index (χ1) is 11.5. The van der Waals surface area contributed by atoms with Crippen LogP contribution in [0.2, 0.25) is 0 Å². The quantitative estimate of drug-likeness (QED) is 0.773. The molecule has 3 aliphatic rings. The highest BCUT2D eigenvalue weighted by molar-refractivity contribution is 7.90. The molecule has 0 spiro atoms. The SMILES string of the molecule is CCCN(C(=O)C1=CN2CCS(=O)(=O)N=C2C=C1)C1CCNCC1.Cl. The van der Waals surface area contributed by atoms with Gasteiger partial charge < -0.3 is 15.1 Å². The fourth-order valence-corrected chi connectivity index (χ4v) is 4.27. The Morgan fingerprint density at radius 1 is 1.36 bits per heavy atom. The van der Waals surface area contributed by atoms with E-state index >= 15 is 0 Å². The lowest BCUT2D eigenvalue weighted by Gasteiger charge is -2.36. The second-order valence-electron chi connectivity index (χ2n) is 6.33. The maximum Gasteiger partial charge on any atom is 0.256 e. The number of amides is 1. The number of amidine groups is 1. The largest absolute Gasteiger partial charge is 0.336 e. The minimum atomic E-state index is -3.37. The number of fused-ring (bicyclic) bond motifs is 1. The van der Waals surface area contributed by atoms with E-state index < -0.39 is 10.0 Å². The molecule has 0 radical (unpaired) electrons. The number of rotatable bonds is 4. The van der Waals surface area contributed by atoms with E-state index in [9.17, 15) is 13.2 Å². The highest BCUT2D eigenvalue weighted by Crippen LogP contribution is 2.20. The van der Waals surface area contributed by atoms with Gasteiger partial charge in [0.15, 0.2) is 0 Å². The van der Waals surface area contributed by atoms with Crippen LogP contribution in [0.15, 0.2) is 28.3 Å². The summed E-state index contributed by atoms with van der Waals surface area (Å²) >= 11 is 0. The van der Waals surface area contributed by atoms with E-state index in [-0.39, 0.29) is 30.1 Å². The monoisotopic (exact) mass is 388 g/mol. The zero-order chi connectivity index (χ0) is 17.2. The molecule has 0 atom stereocenters. The molecule has 1 amide bonds. The number of nitrogens with zero attached hydrogens (tertiary/aromatic N) is 3. The minimum Gasteiger partial charge on any atom is -0.336 e. The van der Waals surface area contributed by atoms with Crippen molar-refractivity contribution in [3.63, 3.8) is 0 Å². The molecule has 3 heterocycles. The molecule has 9 heteroatoms. The molecule has 1 fully saturated rings. The van der Waals surface area contributed by atoms with Gasteiger partial charge in [-0.3, -0.25) is 4.79 Å². The fraction of sp³-hybridized carbons (Fsp3) is 0.625. The minimum absolute atomic E-state index is 0. The zero-order valence-electron chi connectivity index (χ0n) is 14.3.